The summed E-state index contributed by atoms with van der Waals surface area (Å²) < 4.78 is 42.8. The third-order valence-electron chi connectivity index (χ3n) is 2.43. The first-order valence-corrected chi connectivity index (χ1v) is 5.07. The molecule has 0 atom stereocenters. The zero-order chi connectivity index (χ0) is 11.8. The monoisotopic (exact) mass is 231 g/mol. The van der Waals surface area contributed by atoms with E-state index < -0.39 is 11.7 Å². The average Bonchev–Trinajstić information content (AvgIpc) is 3.00. The normalized spacial score (nSPS) is 16.2. The number of benzene rings is 1. The predicted molar refractivity (Wildman–Crippen MR) is 53.0 cm³/mol. The zero-order valence-electron chi connectivity index (χ0n) is 8.55. The molecule has 2 rings (SSSR count). The molecule has 0 amide bonds. The van der Waals surface area contributed by atoms with Gasteiger partial charge in [-0.3, -0.25) is 0 Å². The molecular weight excluding hydrogens is 219 g/mol. The van der Waals surface area contributed by atoms with Gasteiger partial charge in [-0.2, -0.15) is 13.2 Å². The van der Waals surface area contributed by atoms with Crippen molar-refractivity contribution < 1.29 is 17.9 Å². The highest BCUT2D eigenvalue weighted by molar-refractivity contribution is 5.39. The molecule has 1 aliphatic carbocycles. The van der Waals surface area contributed by atoms with Crippen LogP contribution < -0.4 is 10.5 Å². The van der Waals surface area contributed by atoms with E-state index in [0.717, 1.165) is 25.0 Å². The molecule has 0 unspecified atom stereocenters. The summed E-state index contributed by atoms with van der Waals surface area (Å²) in [7, 11) is 0. The Morgan fingerprint density at radius 1 is 1.31 bits per heavy atom. The Morgan fingerprint density at radius 3 is 2.50 bits per heavy atom. The van der Waals surface area contributed by atoms with Crippen LogP contribution in [0, 0.1) is 0 Å². The van der Waals surface area contributed by atoms with E-state index in [2.05, 4.69) is 0 Å². The Balaban J connectivity index is 2.29. The first kappa shape index (κ1) is 11.3. The topological polar surface area (TPSA) is 35.2 Å². The van der Waals surface area contributed by atoms with Gasteiger partial charge in [-0.15, -0.1) is 0 Å². The van der Waals surface area contributed by atoms with Crippen LogP contribution in [-0.2, 0) is 12.7 Å². The summed E-state index contributed by atoms with van der Waals surface area (Å²) >= 11 is 0. The second kappa shape index (κ2) is 3.97. The maximum absolute atomic E-state index is 12.5. The molecule has 0 spiro atoms. The minimum absolute atomic E-state index is 0.0637. The van der Waals surface area contributed by atoms with E-state index >= 15 is 0 Å². The van der Waals surface area contributed by atoms with Crippen molar-refractivity contribution in [1.29, 1.82) is 0 Å². The van der Waals surface area contributed by atoms with E-state index in [1.165, 1.54) is 6.07 Å². The summed E-state index contributed by atoms with van der Waals surface area (Å²) in [5.74, 6) is 0.264. The van der Waals surface area contributed by atoms with Crippen LogP contribution in [0.15, 0.2) is 18.2 Å². The molecule has 1 aromatic rings. The van der Waals surface area contributed by atoms with Crippen molar-refractivity contribution in [3.63, 3.8) is 0 Å². The van der Waals surface area contributed by atoms with Crippen LogP contribution in [-0.4, -0.2) is 6.10 Å². The summed E-state index contributed by atoms with van der Waals surface area (Å²) in [6, 6.07) is 3.43. The van der Waals surface area contributed by atoms with Crippen LogP contribution >= 0.6 is 0 Å². The van der Waals surface area contributed by atoms with E-state index in [4.69, 9.17) is 10.5 Å². The van der Waals surface area contributed by atoms with Gasteiger partial charge < -0.3 is 10.5 Å². The quantitative estimate of drug-likeness (QED) is 0.868. The average molecular weight is 231 g/mol. The third kappa shape index (κ3) is 2.47. The van der Waals surface area contributed by atoms with Crippen molar-refractivity contribution in [2.24, 2.45) is 5.73 Å². The molecule has 88 valence electrons. The lowest BCUT2D eigenvalue weighted by atomic mass is 10.1. The van der Waals surface area contributed by atoms with Crippen LogP contribution in [0.1, 0.15) is 24.0 Å². The number of alkyl halides is 3. The lowest BCUT2D eigenvalue weighted by molar-refractivity contribution is -0.137. The van der Waals surface area contributed by atoms with Gasteiger partial charge in [0.2, 0.25) is 0 Å². The van der Waals surface area contributed by atoms with Crippen LogP contribution in [0.5, 0.6) is 5.75 Å². The minimum atomic E-state index is -4.34. The van der Waals surface area contributed by atoms with E-state index in [9.17, 15) is 13.2 Å². The Bertz CT molecular complexity index is 385. The standard InChI is InChI=1S/C11H12F3NO/c12-11(13,14)8-2-1-7(6-15)10(5-8)16-9-3-4-9/h1-2,5,9H,3-4,6,15H2. The molecule has 0 aliphatic heterocycles. The van der Waals surface area contributed by atoms with E-state index in [1.54, 1.807) is 0 Å². The van der Waals surface area contributed by atoms with Crippen molar-refractivity contribution in [2.45, 2.75) is 31.7 Å². The maximum atomic E-state index is 12.5. The summed E-state index contributed by atoms with van der Waals surface area (Å²) in [6.45, 7) is 0.181. The fourth-order valence-corrected chi connectivity index (χ4v) is 1.37. The van der Waals surface area contributed by atoms with Gasteiger partial charge in [-0.25, -0.2) is 0 Å². The number of halogens is 3. The Kier molecular flexibility index (Phi) is 2.80. The number of nitrogens with two attached hydrogens (primary N) is 1. The lowest BCUT2D eigenvalue weighted by Crippen LogP contribution is -2.09. The van der Waals surface area contributed by atoms with E-state index in [0.29, 0.717) is 5.56 Å². The fraction of sp³-hybridized carbons (Fsp3) is 0.455. The molecule has 5 heteroatoms. The first-order valence-electron chi connectivity index (χ1n) is 5.07. The molecule has 0 bridgehead atoms. The minimum Gasteiger partial charge on any atom is -0.490 e. The Labute approximate surface area is 91.2 Å². The number of ether oxygens (including phenoxy) is 1. The van der Waals surface area contributed by atoms with Crippen LogP contribution in [0.2, 0.25) is 0 Å². The van der Waals surface area contributed by atoms with Gasteiger partial charge in [0.05, 0.1) is 11.7 Å². The Morgan fingerprint density at radius 2 is 2.00 bits per heavy atom. The summed E-state index contributed by atoms with van der Waals surface area (Å²) in [6.07, 6.45) is -2.47. The fourth-order valence-electron chi connectivity index (χ4n) is 1.37. The molecule has 1 aliphatic rings. The van der Waals surface area contributed by atoms with Gasteiger partial charge in [0, 0.05) is 12.1 Å². The van der Waals surface area contributed by atoms with Crippen molar-refractivity contribution in [3.05, 3.63) is 29.3 Å². The number of hydrogen-bond donors (Lipinski definition) is 1. The Hall–Kier alpha value is -1.23. The molecule has 16 heavy (non-hydrogen) atoms. The van der Waals surface area contributed by atoms with Crippen LogP contribution in [0.25, 0.3) is 0 Å². The van der Waals surface area contributed by atoms with E-state index in [1.807, 2.05) is 0 Å². The van der Waals surface area contributed by atoms with Crippen molar-refractivity contribution in [2.75, 3.05) is 0 Å². The lowest BCUT2D eigenvalue weighted by Gasteiger charge is -2.13. The highest BCUT2D eigenvalue weighted by Gasteiger charge is 2.32. The molecular formula is C11H12F3NO. The second-order valence-corrected chi connectivity index (χ2v) is 3.84. The van der Waals surface area contributed by atoms with Crippen molar-refractivity contribution in [3.8, 4) is 5.75 Å². The second-order valence-electron chi connectivity index (χ2n) is 3.84. The summed E-state index contributed by atoms with van der Waals surface area (Å²) in [5, 5.41) is 0. The smallest absolute Gasteiger partial charge is 0.416 e. The number of hydrogen-bond acceptors (Lipinski definition) is 2. The molecule has 1 saturated carbocycles. The molecule has 0 radical (unpaired) electrons. The van der Waals surface area contributed by atoms with Crippen molar-refractivity contribution >= 4 is 0 Å². The first-order chi connectivity index (χ1) is 7.50. The highest BCUT2D eigenvalue weighted by Crippen LogP contribution is 2.35. The molecule has 0 aromatic heterocycles. The third-order valence-corrected chi connectivity index (χ3v) is 2.43. The molecule has 0 saturated heterocycles. The molecule has 1 aromatic carbocycles. The highest BCUT2D eigenvalue weighted by atomic mass is 19.4. The summed E-state index contributed by atoms with van der Waals surface area (Å²) in [5.41, 5.74) is 5.36. The van der Waals surface area contributed by atoms with Gasteiger partial charge in [0.15, 0.2) is 0 Å². The van der Waals surface area contributed by atoms with Gasteiger partial charge >= 0.3 is 6.18 Å². The van der Waals surface area contributed by atoms with Gasteiger partial charge in [-0.1, -0.05) is 6.07 Å². The maximum Gasteiger partial charge on any atom is 0.416 e. The molecule has 0 heterocycles. The van der Waals surface area contributed by atoms with E-state index in [-0.39, 0.29) is 18.4 Å². The van der Waals surface area contributed by atoms with Crippen LogP contribution in [0.3, 0.4) is 0 Å². The molecule has 1 fully saturated rings. The van der Waals surface area contributed by atoms with Gasteiger partial charge in [0.25, 0.3) is 0 Å². The van der Waals surface area contributed by atoms with Gasteiger partial charge in [-0.05, 0) is 25.0 Å². The van der Waals surface area contributed by atoms with Gasteiger partial charge in [0.1, 0.15) is 5.75 Å². The zero-order valence-corrected chi connectivity index (χ0v) is 8.55. The molecule has 2 N–H and O–H groups in total. The predicted octanol–water partition coefficient (Wildman–Crippen LogP) is 2.71. The van der Waals surface area contributed by atoms with Crippen molar-refractivity contribution in [1.82, 2.24) is 0 Å². The molecule has 2 nitrogen and oxygen atoms in total. The van der Waals surface area contributed by atoms with Crippen LogP contribution in [0.4, 0.5) is 13.2 Å². The largest absolute Gasteiger partial charge is 0.490 e. The summed E-state index contributed by atoms with van der Waals surface area (Å²) in [4.78, 5) is 0. The number of rotatable bonds is 3. The SMILES string of the molecule is NCc1ccc(C(F)(F)F)cc1OC1CC1.